The number of carbonyl (C=O) groups is 1. The van der Waals surface area contributed by atoms with Crippen LogP contribution in [0.25, 0.3) is 0 Å². The lowest BCUT2D eigenvalue weighted by Gasteiger charge is -2.08. The molecule has 0 aliphatic rings. The number of rotatable bonds is 3. The first kappa shape index (κ1) is 12.5. The van der Waals surface area contributed by atoms with Gasteiger partial charge < -0.3 is 5.11 Å². The summed E-state index contributed by atoms with van der Waals surface area (Å²) >= 11 is 0.565. The summed E-state index contributed by atoms with van der Waals surface area (Å²) in [6.07, 6.45) is 0. The van der Waals surface area contributed by atoms with Gasteiger partial charge in [-0.25, -0.2) is 8.78 Å². The van der Waals surface area contributed by atoms with E-state index in [1.54, 1.807) is 6.07 Å². The van der Waals surface area contributed by atoms with Crippen LogP contribution in [0.4, 0.5) is 8.78 Å². The molecule has 1 N–H and O–H groups in total. The highest BCUT2D eigenvalue weighted by atomic mass is 32.2. The molecule has 3 nitrogen and oxygen atoms in total. The average Bonchev–Trinajstić information content (AvgIpc) is 2.22. The normalized spacial score (nSPS) is 11.9. The molecule has 0 saturated heterocycles. The number of carboxylic acids is 1. The number of halogens is 2. The summed E-state index contributed by atoms with van der Waals surface area (Å²) in [7, 11) is 0. The van der Waals surface area contributed by atoms with Gasteiger partial charge >= 0.3 is 5.97 Å². The lowest BCUT2D eigenvalue weighted by molar-refractivity contribution is -0.136. The van der Waals surface area contributed by atoms with Crippen LogP contribution in [-0.2, 0) is 4.79 Å². The highest BCUT2D eigenvalue weighted by molar-refractivity contribution is 8.00. The Morgan fingerprint density at radius 2 is 2.00 bits per heavy atom. The summed E-state index contributed by atoms with van der Waals surface area (Å²) in [4.78, 5) is 10.2. The van der Waals surface area contributed by atoms with Crippen LogP contribution < -0.4 is 0 Å². The van der Waals surface area contributed by atoms with Gasteiger partial charge in [-0.2, -0.15) is 5.26 Å². The second-order valence-corrected chi connectivity index (χ2v) is 4.33. The standard InChI is InChI=1S/C10H7F2NO2S/c1-5(10(14)15)16-9-7(11)2-6(4-13)3-8(9)12/h2-3,5H,1H3,(H,14,15). The molecule has 1 rings (SSSR count). The van der Waals surface area contributed by atoms with Crippen molar-refractivity contribution in [3.05, 3.63) is 29.3 Å². The van der Waals surface area contributed by atoms with Crippen molar-refractivity contribution >= 4 is 17.7 Å². The van der Waals surface area contributed by atoms with Gasteiger partial charge in [-0.15, -0.1) is 11.8 Å². The van der Waals surface area contributed by atoms with E-state index in [4.69, 9.17) is 10.4 Å². The van der Waals surface area contributed by atoms with Gasteiger partial charge in [-0.1, -0.05) is 0 Å². The van der Waals surface area contributed by atoms with Crippen LogP contribution in [0.5, 0.6) is 0 Å². The van der Waals surface area contributed by atoms with Crippen LogP contribution >= 0.6 is 11.8 Å². The maximum Gasteiger partial charge on any atom is 0.316 e. The maximum absolute atomic E-state index is 13.3. The van der Waals surface area contributed by atoms with E-state index in [1.807, 2.05) is 0 Å². The minimum atomic E-state index is -1.16. The predicted octanol–water partition coefficient (Wildman–Crippen LogP) is 2.40. The topological polar surface area (TPSA) is 61.1 Å². The van der Waals surface area contributed by atoms with E-state index in [0.717, 1.165) is 12.1 Å². The predicted molar refractivity (Wildman–Crippen MR) is 54.0 cm³/mol. The number of thioether (sulfide) groups is 1. The van der Waals surface area contributed by atoms with Crippen molar-refractivity contribution in [2.75, 3.05) is 0 Å². The number of nitrogens with zero attached hydrogens (tertiary/aromatic N) is 1. The monoisotopic (exact) mass is 243 g/mol. The minimum absolute atomic E-state index is 0.137. The molecular formula is C10H7F2NO2S. The van der Waals surface area contributed by atoms with Gasteiger partial charge in [0, 0.05) is 0 Å². The van der Waals surface area contributed by atoms with Crippen LogP contribution in [0.15, 0.2) is 17.0 Å². The molecule has 6 heteroatoms. The highest BCUT2D eigenvalue weighted by Gasteiger charge is 2.19. The Kier molecular flexibility index (Phi) is 3.85. The number of nitriles is 1. The first-order valence-corrected chi connectivity index (χ1v) is 5.12. The number of carboxylic acid groups (broad SMARTS) is 1. The summed E-state index contributed by atoms with van der Waals surface area (Å²) in [6.45, 7) is 1.32. The third-order valence-corrected chi connectivity index (χ3v) is 2.95. The fourth-order valence-electron chi connectivity index (χ4n) is 0.964. The van der Waals surface area contributed by atoms with E-state index in [0.29, 0.717) is 11.8 Å². The van der Waals surface area contributed by atoms with E-state index >= 15 is 0 Å². The van der Waals surface area contributed by atoms with E-state index in [1.165, 1.54) is 6.92 Å². The minimum Gasteiger partial charge on any atom is -0.480 e. The zero-order valence-corrected chi connectivity index (χ0v) is 9.02. The van der Waals surface area contributed by atoms with Gasteiger partial charge in [0.25, 0.3) is 0 Å². The molecule has 0 aliphatic carbocycles. The van der Waals surface area contributed by atoms with Crippen molar-refractivity contribution in [3.8, 4) is 6.07 Å². The summed E-state index contributed by atoms with van der Waals surface area (Å²) < 4.78 is 26.6. The zero-order chi connectivity index (χ0) is 12.3. The second kappa shape index (κ2) is 4.94. The number of hydrogen-bond acceptors (Lipinski definition) is 3. The fraction of sp³-hybridized carbons (Fsp3) is 0.200. The molecule has 0 saturated carbocycles. The summed E-state index contributed by atoms with van der Waals surface area (Å²) in [5.41, 5.74) is -0.137. The summed E-state index contributed by atoms with van der Waals surface area (Å²) in [6, 6.07) is 3.36. The number of hydrogen-bond donors (Lipinski definition) is 1. The Hall–Kier alpha value is -1.61. The van der Waals surface area contributed by atoms with E-state index in [2.05, 4.69) is 0 Å². The molecule has 0 aromatic heterocycles. The van der Waals surface area contributed by atoms with Gasteiger partial charge in [0.1, 0.15) is 16.9 Å². The molecule has 16 heavy (non-hydrogen) atoms. The van der Waals surface area contributed by atoms with Crippen molar-refractivity contribution < 1.29 is 18.7 Å². The Morgan fingerprint density at radius 1 is 1.50 bits per heavy atom. The van der Waals surface area contributed by atoms with Crippen molar-refractivity contribution in [2.24, 2.45) is 0 Å². The largest absolute Gasteiger partial charge is 0.480 e. The van der Waals surface area contributed by atoms with Crippen molar-refractivity contribution in [2.45, 2.75) is 17.1 Å². The molecular weight excluding hydrogens is 236 g/mol. The molecule has 0 bridgehead atoms. The lowest BCUT2D eigenvalue weighted by atomic mass is 10.2. The van der Waals surface area contributed by atoms with Crippen molar-refractivity contribution in [1.29, 1.82) is 5.26 Å². The van der Waals surface area contributed by atoms with Crippen LogP contribution in [0.1, 0.15) is 12.5 Å². The van der Waals surface area contributed by atoms with Crippen LogP contribution in [0.3, 0.4) is 0 Å². The second-order valence-electron chi connectivity index (χ2n) is 2.98. The maximum atomic E-state index is 13.3. The van der Waals surface area contributed by atoms with Gasteiger partial charge in [-0.05, 0) is 19.1 Å². The molecule has 0 radical (unpaired) electrons. The Bertz CT molecular complexity index is 447. The molecule has 84 valence electrons. The van der Waals surface area contributed by atoms with Crippen molar-refractivity contribution in [1.82, 2.24) is 0 Å². The molecule has 0 fully saturated rings. The lowest BCUT2D eigenvalue weighted by Crippen LogP contribution is -2.12. The molecule has 0 spiro atoms. The van der Waals surface area contributed by atoms with E-state index in [9.17, 15) is 13.6 Å². The van der Waals surface area contributed by atoms with Gasteiger partial charge in [-0.3, -0.25) is 4.79 Å². The molecule has 1 aromatic carbocycles. The van der Waals surface area contributed by atoms with Crippen molar-refractivity contribution in [3.63, 3.8) is 0 Å². The van der Waals surface area contributed by atoms with Crippen LogP contribution in [0, 0.1) is 23.0 Å². The third kappa shape index (κ3) is 2.70. The Labute approximate surface area is 94.7 Å². The van der Waals surface area contributed by atoms with E-state index in [-0.39, 0.29) is 10.5 Å². The molecule has 1 unspecified atom stereocenters. The average molecular weight is 243 g/mol. The smallest absolute Gasteiger partial charge is 0.316 e. The third-order valence-electron chi connectivity index (χ3n) is 1.77. The summed E-state index contributed by atoms with van der Waals surface area (Å²) in [5, 5.41) is 16.1. The van der Waals surface area contributed by atoms with Gasteiger partial charge in [0.05, 0.1) is 16.5 Å². The van der Waals surface area contributed by atoms with Crippen LogP contribution in [0.2, 0.25) is 0 Å². The number of aliphatic carboxylic acids is 1. The molecule has 1 atom stereocenters. The molecule has 0 aliphatic heterocycles. The molecule has 0 heterocycles. The van der Waals surface area contributed by atoms with Crippen LogP contribution in [-0.4, -0.2) is 16.3 Å². The quantitative estimate of drug-likeness (QED) is 0.828. The Balaban J connectivity index is 3.07. The zero-order valence-electron chi connectivity index (χ0n) is 8.20. The molecule has 0 amide bonds. The number of benzene rings is 1. The first-order chi connectivity index (χ1) is 7.45. The van der Waals surface area contributed by atoms with Gasteiger partial charge in [0.15, 0.2) is 0 Å². The SMILES string of the molecule is CC(Sc1c(F)cc(C#N)cc1F)C(=O)O. The van der Waals surface area contributed by atoms with Gasteiger partial charge in [0.2, 0.25) is 0 Å². The first-order valence-electron chi connectivity index (χ1n) is 4.24. The molecule has 1 aromatic rings. The summed E-state index contributed by atoms with van der Waals surface area (Å²) in [5.74, 6) is -3.00. The fourth-order valence-corrected chi connectivity index (χ4v) is 1.76. The van der Waals surface area contributed by atoms with E-state index < -0.39 is 22.9 Å². The Morgan fingerprint density at radius 3 is 2.38 bits per heavy atom. The highest BCUT2D eigenvalue weighted by Crippen LogP contribution is 2.29.